The van der Waals surface area contributed by atoms with E-state index in [0.29, 0.717) is 16.5 Å². The number of aliphatic carboxylic acids is 1. The summed E-state index contributed by atoms with van der Waals surface area (Å²) in [5.41, 5.74) is 1.63. The number of hydrogen-bond acceptors (Lipinski definition) is 4. The molecule has 0 unspecified atom stereocenters. The molecule has 1 heterocycles. The Morgan fingerprint density at radius 3 is 2.86 bits per heavy atom. The van der Waals surface area contributed by atoms with Gasteiger partial charge in [0.25, 0.3) is 0 Å². The molecular formula is C15H18N2O3S. The molecule has 0 spiro atoms. The number of nitrogens with zero attached hydrogens (tertiary/aromatic N) is 1. The fraction of sp³-hybridized carbons (Fsp3) is 0.533. The molecule has 0 bridgehead atoms. The van der Waals surface area contributed by atoms with Crippen molar-refractivity contribution >= 4 is 28.2 Å². The van der Waals surface area contributed by atoms with Crippen molar-refractivity contribution in [3.8, 4) is 6.07 Å². The lowest BCUT2D eigenvalue weighted by molar-refractivity contribution is -0.138. The van der Waals surface area contributed by atoms with E-state index in [1.807, 2.05) is 0 Å². The molecule has 1 aromatic heterocycles. The molecule has 0 aromatic carbocycles. The first-order valence-corrected chi connectivity index (χ1v) is 7.93. The van der Waals surface area contributed by atoms with Crippen molar-refractivity contribution < 1.29 is 14.7 Å². The lowest BCUT2D eigenvalue weighted by Crippen LogP contribution is -2.13. The van der Waals surface area contributed by atoms with Gasteiger partial charge < -0.3 is 10.4 Å². The molecule has 21 heavy (non-hydrogen) atoms. The summed E-state index contributed by atoms with van der Waals surface area (Å²) in [5, 5.41) is 21.2. The number of hydrogen-bond donors (Lipinski definition) is 2. The Morgan fingerprint density at radius 2 is 2.24 bits per heavy atom. The van der Waals surface area contributed by atoms with Crippen molar-refractivity contribution in [3.63, 3.8) is 0 Å². The van der Waals surface area contributed by atoms with Gasteiger partial charge in [0.15, 0.2) is 0 Å². The van der Waals surface area contributed by atoms with E-state index >= 15 is 0 Å². The van der Waals surface area contributed by atoms with E-state index in [9.17, 15) is 14.9 Å². The largest absolute Gasteiger partial charge is 0.481 e. The van der Waals surface area contributed by atoms with Crippen molar-refractivity contribution in [1.29, 1.82) is 5.26 Å². The zero-order valence-electron chi connectivity index (χ0n) is 11.9. The second-order valence-corrected chi connectivity index (χ2v) is 6.38. The fourth-order valence-electron chi connectivity index (χ4n) is 2.62. The highest BCUT2D eigenvalue weighted by Gasteiger charge is 2.25. The maximum atomic E-state index is 11.7. The van der Waals surface area contributed by atoms with E-state index in [4.69, 9.17) is 5.11 Å². The van der Waals surface area contributed by atoms with E-state index in [1.165, 1.54) is 16.2 Å². The average Bonchev–Trinajstić information content (AvgIpc) is 2.80. The number of anilines is 1. The van der Waals surface area contributed by atoms with E-state index in [-0.39, 0.29) is 18.7 Å². The number of nitriles is 1. The Labute approximate surface area is 127 Å². The molecule has 6 heteroatoms. The van der Waals surface area contributed by atoms with Gasteiger partial charge in [0.05, 0.1) is 12.0 Å². The minimum absolute atomic E-state index is 0.0691. The van der Waals surface area contributed by atoms with Gasteiger partial charge in [-0.3, -0.25) is 9.59 Å². The number of carbonyl (C=O) groups excluding carboxylic acids is 1. The van der Waals surface area contributed by atoms with Crippen LogP contribution >= 0.6 is 11.3 Å². The van der Waals surface area contributed by atoms with Gasteiger partial charge in [-0.1, -0.05) is 13.3 Å². The average molecular weight is 306 g/mol. The van der Waals surface area contributed by atoms with Crippen molar-refractivity contribution in [2.45, 2.75) is 45.4 Å². The van der Waals surface area contributed by atoms with Crippen LogP contribution in [0.15, 0.2) is 0 Å². The van der Waals surface area contributed by atoms with E-state index in [2.05, 4.69) is 18.3 Å². The number of rotatable bonds is 5. The van der Waals surface area contributed by atoms with Crippen LogP contribution in [0.3, 0.4) is 0 Å². The maximum Gasteiger partial charge on any atom is 0.303 e. The van der Waals surface area contributed by atoms with Crippen LogP contribution in [-0.2, 0) is 22.4 Å². The molecule has 5 nitrogen and oxygen atoms in total. The first-order chi connectivity index (χ1) is 10.0. The van der Waals surface area contributed by atoms with Crippen LogP contribution in [0, 0.1) is 17.2 Å². The molecule has 0 saturated heterocycles. The van der Waals surface area contributed by atoms with Crippen molar-refractivity contribution in [2.24, 2.45) is 5.92 Å². The first-order valence-electron chi connectivity index (χ1n) is 7.11. The molecule has 0 radical (unpaired) electrons. The SMILES string of the molecule is CC[C@H]1CCc2c(sc(NC(=O)CCC(=O)O)c2C#N)C1. The Hall–Kier alpha value is -1.87. The Bertz CT molecular complexity index is 601. The first kappa shape index (κ1) is 15.5. The normalized spacial score (nSPS) is 16.9. The predicted octanol–water partition coefficient (Wildman–Crippen LogP) is 2.94. The highest BCUT2D eigenvalue weighted by molar-refractivity contribution is 7.16. The quantitative estimate of drug-likeness (QED) is 0.875. The second kappa shape index (κ2) is 6.72. The summed E-state index contributed by atoms with van der Waals surface area (Å²) in [6, 6.07) is 2.19. The summed E-state index contributed by atoms with van der Waals surface area (Å²) < 4.78 is 0. The van der Waals surface area contributed by atoms with Gasteiger partial charge in [-0.2, -0.15) is 5.26 Å². The number of nitrogens with one attached hydrogen (secondary N) is 1. The lowest BCUT2D eigenvalue weighted by atomic mass is 9.86. The number of fused-ring (bicyclic) bond motifs is 1. The summed E-state index contributed by atoms with van der Waals surface area (Å²) in [5.74, 6) is -0.695. The van der Waals surface area contributed by atoms with Gasteiger partial charge in [0, 0.05) is 11.3 Å². The summed E-state index contributed by atoms with van der Waals surface area (Å²) in [6.07, 6.45) is 3.80. The van der Waals surface area contributed by atoms with Crippen LogP contribution in [0.1, 0.15) is 48.6 Å². The fourth-order valence-corrected chi connectivity index (χ4v) is 3.95. The van der Waals surface area contributed by atoms with Gasteiger partial charge in [0.1, 0.15) is 11.1 Å². The van der Waals surface area contributed by atoms with Crippen molar-refractivity contribution in [1.82, 2.24) is 0 Å². The minimum atomic E-state index is -0.998. The van der Waals surface area contributed by atoms with Crippen molar-refractivity contribution in [2.75, 3.05) is 5.32 Å². The molecule has 1 amide bonds. The van der Waals surface area contributed by atoms with Crippen LogP contribution in [0.2, 0.25) is 0 Å². The third-order valence-corrected chi connectivity index (χ3v) is 5.05. The zero-order valence-corrected chi connectivity index (χ0v) is 12.8. The smallest absolute Gasteiger partial charge is 0.303 e. The molecule has 0 saturated carbocycles. The molecule has 1 aromatic rings. The third kappa shape index (κ3) is 3.61. The van der Waals surface area contributed by atoms with E-state index in [0.717, 1.165) is 31.2 Å². The minimum Gasteiger partial charge on any atom is -0.481 e. The lowest BCUT2D eigenvalue weighted by Gasteiger charge is -2.20. The molecule has 1 aliphatic carbocycles. The second-order valence-electron chi connectivity index (χ2n) is 5.28. The number of carboxylic acids is 1. The van der Waals surface area contributed by atoms with Crippen molar-refractivity contribution in [3.05, 3.63) is 16.0 Å². The third-order valence-electron chi connectivity index (χ3n) is 3.88. The van der Waals surface area contributed by atoms with Crippen LogP contribution in [0.5, 0.6) is 0 Å². The number of thiophene rings is 1. The molecule has 0 aliphatic heterocycles. The molecule has 1 atom stereocenters. The van der Waals surface area contributed by atoms with Gasteiger partial charge >= 0.3 is 5.97 Å². The Morgan fingerprint density at radius 1 is 1.48 bits per heavy atom. The summed E-state index contributed by atoms with van der Waals surface area (Å²) in [7, 11) is 0. The Kier molecular flexibility index (Phi) is 4.97. The monoisotopic (exact) mass is 306 g/mol. The molecular weight excluding hydrogens is 288 g/mol. The van der Waals surface area contributed by atoms with Crippen LogP contribution < -0.4 is 5.32 Å². The molecule has 0 fully saturated rings. The summed E-state index contributed by atoms with van der Waals surface area (Å²) in [6.45, 7) is 2.17. The number of carbonyl (C=O) groups is 2. The molecule has 2 rings (SSSR count). The molecule has 2 N–H and O–H groups in total. The number of amides is 1. The summed E-state index contributed by atoms with van der Waals surface area (Å²) >= 11 is 1.47. The van der Waals surface area contributed by atoms with Crippen LogP contribution in [-0.4, -0.2) is 17.0 Å². The van der Waals surface area contributed by atoms with E-state index < -0.39 is 5.97 Å². The predicted molar refractivity (Wildman–Crippen MR) is 80.3 cm³/mol. The van der Waals surface area contributed by atoms with Crippen LogP contribution in [0.25, 0.3) is 0 Å². The topological polar surface area (TPSA) is 90.2 Å². The highest BCUT2D eigenvalue weighted by Crippen LogP contribution is 2.40. The van der Waals surface area contributed by atoms with Crippen LogP contribution in [0.4, 0.5) is 5.00 Å². The van der Waals surface area contributed by atoms with Gasteiger partial charge in [-0.15, -0.1) is 11.3 Å². The molecule has 112 valence electrons. The Balaban J connectivity index is 2.14. The maximum absolute atomic E-state index is 11.7. The zero-order chi connectivity index (χ0) is 15.4. The van der Waals surface area contributed by atoms with E-state index in [1.54, 1.807) is 0 Å². The summed E-state index contributed by atoms with van der Waals surface area (Å²) in [4.78, 5) is 23.4. The standard InChI is InChI=1S/C15H18N2O3S/c1-2-9-3-4-10-11(8-16)15(21-12(10)7-9)17-13(18)5-6-14(19)20/h9H,2-7H2,1H3,(H,17,18)(H,19,20)/t9-/m0/s1. The highest BCUT2D eigenvalue weighted by atomic mass is 32.1. The van der Waals surface area contributed by atoms with Gasteiger partial charge in [-0.05, 0) is 30.7 Å². The molecule has 1 aliphatic rings. The van der Waals surface area contributed by atoms with Gasteiger partial charge in [-0.25, -0.2) is 0 Å². The van der Waals surface area contributed by atoms with Gasteiger partial charge in [0.2, 0.25) is 5.91 Å². The number of carboxylic acid groups (broad SMARTS) is 1.